The fraction of sp³-hybridized carbons (Fsp3) is 0.261. The number of methoxy groups -OCH3 is 1. The molecule has 2 heterocycles. The van der Waals surface area contributed by atoms with Crippen LogP contribution >= 0.6 is 11.8 Å². The molecule has 2 amide bonds. The number of ether oxygens (including phenoxy) is 2. The number of amides is 2. The van der Waals surface area contributed by atoms with E-state index in [1.165, 1.54) is 16.7 Å². The highest BCUT2D eigenvalue weighted by Gasteiger charge is 2.54. The minimum Gasteiger partial charge on any atom is -0.509 e. The van der Waals surface area contributed by atoms with E-state index in [0.29, 0.717) is 5.75 Å². The highest BCUT2D eigenvalue weighted by Crippen LogP contribution is 2.40. The van der Waals surface area contributed by atoms with E-state index < -0.39 is 23.3 Å². The fourth-order valence-corrected chi connectivity index (χ4v) is 4.74. The molecule has 0 bridgehead atoms. The standard InChI is InChI=1S/C23H22N2O6S/c1-30-16-9-7-15(8-10-16)12-31-23(29)20-17(26)13-32-22-19(21(28)25(20)22)24-18(27)11-14-5-3-2-4-6-14/h2-10,19,22,26H,11-13H2,1H3,(H,24,27)/t19-,22+/m1/s1. The Morgan fingerprint density at radius 2 is 1.84 bits per heavy atom. The van der Waals surface area contributed by atoms with Crippen molar-refractivity contribution in [1.29, 1.82) is 0 Å². The van der Waals surface area contributed by atoms with Gasteiger partial charge in [-0.2, -0.15) is 0 Å². The Balaban J connectivity index is 1.37. The number of nitrogens with one attached hydrogen (secondary N) is 1. The number of carbonyl (C=O) groups excluding carboxylic acids is 3. The first-order valence-electron chi connectivity index (χ1n) is 9.98. The molecule has 0 radical (unpaired) electrons. The Labute approximate surface area is 189 Å². The molecule has 0 unspecified atom stereocenters. The average Bonchev–Trinajstić information content (AvgIpc) is 2.81. The van der Waals surface area contributed by atoms with Crippen LogP contribution in [0, 0.1) is 0 Å². The Kier molecular flexibility index (Phi) is 6.36. The van der Waals surface area contributed by atoms with Gasteiger partial charge in [0.25, 0.3) is 5.91 Å². The van der Waals surface area contributed by atoms with Gasteiger partial charge in [0.2, 0.25) is 5.91 Å². The van der Waals surface area contributed by atoms with Gasteiger partial charge in [-0.1, -0.05) is 42.5 Å². The predicted molar refractivity (Wildman–Crippen MR) is 118 cm³/mol. The van der Waals surface area contributed by atoms with E-state index in [1.54, 1.807) is 31.4 Å². The van der Waals surface area contributed by atoms with Gasteiger partial charge < -0.3 is 19.9 Å². The topological polar surface area (TPSA) is 105 Å². The van der Waals surface area contributed by atoms with Crippen LogP contribution in [-0.2, 0) is 32.1 Å². The molecule has 2 aliphatic heterocycles. The summed E-state index contributed by atoms with van der Waals surface area (Å²) >= 11 is 1.28. The molecule has 2 N–H and O–H groups in total. The first kappa shape index (κ1) is 21.8. The summed E-state index contributed by atoms with van der Waals surface area (Å²) in [4.78, 5) is 38.9. The van der Waals surface area contributed by atoms with Crippen molar-refractivity contribution in [3.05, 3.63) is 77.2 Å². The smallest absolute Gasteiger partial charge is 0.358 e. The summed E-state index contributed by atoms with van der Waals surface area (Å²) < 4.78 is 10.4. The second-order valence-electron chi connectivity index (χ2n) is 7.34. The van der Waals surface area contributed by atoms with Crippen LogP contribution in [0.25, 0.3) is 0 Å². The third kappa shape index (κ3) is 4.43. The van der Waals surface area contributed by atoms with Gasteiger partial charge in [0.1, 0.15) is 29.5 Å². The van der Waals surface area contributed by atoms with Crippen LogP contribution in [0.4, 0.5) is 0 Å². The lowest BCUT2D eigenvalue weighted by Crippen LogP contribution is -2.70. The molecule has 0 aromatic heterocycles. The monoisotopic (exact) mass is 454 g/mol. The molecule has 2 aromatic rings. The SMILES string of the molecule is COc1ccc(COC(=O)C2=C(O)CS[C@H]3[C@H](NC(=O)Cc4ccccc4)C(=O)N23)cc1. The minimum absolute atomic E-state index is 0.0172. The van der Waals surface area contributed by atoms with Crippen molar-refractivity contribution in [2.75, 3.05) is 12.9 Å². The first-order chi connectivity index (χ1) is 15.5. The molecule has 166 valence electrons. The number of benzene rings is 2. The van der Waals surface area contributed by atoms with E-state index in [2.05, 4.69) is 5.32 Å². The molecule has 8 nitrogen and oxygen atoms in total. The third-order valence-electron chi connectivity index (χ3n) is 5.19. The van der Waals surface area contributed by atoms with E-state index >= 15 is 0 Å². The summed E-state index contributed by atoms with van der Waals surface area (Å²) in [5.74, 6) is -0.908. The fourth-order valence-electron chi connectivity index (χ4n) is 3.54. The second kappa shape index (κ2) is 9.35. The minimum atomic E-state index is -0.786. The molecule has 0 saturated carbocycles. The number of fused-ring (bicyclic) bond motifs is 1. The lowest BCUT2D eigenvalue weighted by atomic mass is 10.0. The van der Waals surface area contributed by atoms with E-state index in [0.717, 1.165) is 11.1 Å². The molecule has 1 saturated heterocycles. The number of hydrogen-bond acceptors (Lipinski definition) is 7. The van der Waals surface area contributed by atoms with Crippen molar-refractivity contribution in [1.82, 2.24) is 10.2 Å². The summed E-state index contributed by atoms with van der Waals surface area (Å²) in [5.41, 5.74) is 1.41. The highest BCUT2D eigenvalue weighted by molar-refractivity contribution is 8.00. The van der Waals surface area contributed by atoms with E-state index in [1.807, 2.05) is 30.3 Å². The van der Waals surface area contributed by atoms with Crippen LogP contribution in [-0.4, -0.2) is 52.1 Å². The predicted octanol–water partition coefficient (Wildman–Crippen LogP) is 2.15. The van der Waals surface area contributed by atoms with Crippen molar-refractivity contribution in [2.24, 2.45) is 0 Å². The van der Waals surface area contributed by atoms with Gasteiger partial charge in [-0.15, -0.1) is 11.8 Å². The summed E-state index contributed by atoms with van der Waals surface area (Å²) in [6.07, 6.45) is 0.153. The number of rotatable bonds is 7. The summed E-state index contributed by atoms with van der Waals surface area (Å²) in [6, 6.07) is 15.5. The van der Waals surface area contributed by atoms with Gasteiger partial charge in [-0.3, -0.25) is 14.5 Å². The van der Waals surface area contributed by atoms with Gasteiger partial charge in [-0.25, -0.2) is 4.79 Å². The van der Waals surface area contributed by atoms with Crippen LogP contribution < -0.4 is 10.1 Å². The third-order valence-corrected chi connectivity index (χ3v) is 6.46. The van der Waals surface area contributed by atoms with E-state index in [4.69, 9.17) is 9.47 Å². The van der Waals surface area contributed by atoms with Gasteiger partial charge >= 0.3 is 5.97 Å². The maximum Gasteiger partial charge on any atom is 0.358 e. The number of thioether (sulfide) groups is 1. The second-order valence-corrected chi connectivity index (χ2v) is 8.44. The zero-order chi connectivity index (χ0) is 22.7. The zero-order valence-corrected chi connectivity index (χ0v) is 18.1. The molecule has 2 aromatic carbocycles. The molecule has 9 heteroatoms. The van der Waals surface area contributed by atoms with Crippen LogP contribution in [0.3, 0.4) is 0 Å². The maximum absolute atomic E-state index is 12.7. The number of β-lactam (4-membered cyclic amide) rings is 1. The summed E-state index contributed by atoms with van der Waals surface area (Å²) in [6.45, 7) is -0.0172. The van der Waals surface area contributed by atoms with E-state index in [9.17, 15) is 19.5 Å². The van der Waals surface area contributed by atoms with Gasteiger partial charge in [0, 0.05) is 0 Å². The largest absolute Gasteiger partial charge is 0.509 e. The molecular formula is C23H22N2O6S. The molecule has 0 aliphatic carbocycles. The van der Waals surface area contributed by atoms with Crippen molar-refractivity contribution >= 4 is 29.5 Å². The lowest BCUT2D eigenvalue weighted by molar-refractivity contribution is -0.153. The maximum atomic E-state index is 12.7. The quantitative estimate of drug-likeness (QED) is 0.488. The average molecular weight is 455 g/mol. The first-order valence-corrected chi connectivity index (χ1v) is 11.0. The molecule has 2 atom stereocenters. The molecule has 4 rings (SSSR count). The molecule has 2 aliphatic rings. The van der Waals surface area contributed by atoms with E-state index in [-0.39, 0.29) is 36.1 Å². The van der Waals surface area contributed by atoms with Crippen molar-refractivity contribution < 1.29 is 29.0 Å². The Bertz CT molecular complexity index is 1050. The molecule has 32 heavy (non-hydrogen) atoms. The number of esters is 1. The Morgan fingerprint density at radius 1 is 1.12 bits per heavy atom. The van der Waals surface area contributed by atoms with Crippen molar-refractivity contribution in [2.45, 2.75) is 24.4 Å². The van der Waals surface area contributed by atoms with Crippen LogP contribution in [0.2, 0.25) is 0 Å². The van der Waals surface area contributed by atoms with Crippen LogP contribution in [0.5, 0.6) is 5.75 Å². The Hall–Kier alpha value is -3.46. The molecule has 1 fully saturated rings. The van der Waals surface area contributed by atoms with Crippen LogP contribution in [0.15, 0.2) is 66.1 Å². The number of aliphatic hydroxyl groups is 1. The van der Waals surface area contributed by atoms with Crippen molar-refractivity contribution in [3.8, 4) is 5.75 Å². The number of carbonyl (C=O) groups is 3. The lowest BCUT2D eigenvalue weighted by Gasteiger charge is -2.48. The van der Waals surface area contributed by atoms with Gasteiger partial charge in [-0.05, 0) is 23.3 Å². The molecular weight excluding hydrogens is 432 g/mol. The zero-order valence-electron chi connectivity index (χ0n) is 17.3. The molecule has 0 spiro atoms. The normalized spacial score (nSPS) is 19.7. The van der Waals surface area contributed by atoms with Gasteiger partial charge in [0.15, 0.2) is 5.70 Å². The number of nitrogens with zero attached hydrogens (tertiary/aromatic N) is 1. The number of hydrogen-bond donors (Lipinski definition) is 2. The van der Waals surface area contributed by atoms with Crippen molar-refractivity contribution in [3.63, 3.8) is 0 Å². The Morgan fingerprint density at radius 3 is 2.53 bits per heavy atom. The van der Waals surface area contributed by atoms with Crippen LogP contribution in [0.1, 0.15) is 11.1 Å². The van der Waals surface area contributed by atoms with Gasteiger partial charge in [0.05, 0.1) is 19.3 Å². The number of aliphatic hydroxyl groups excluding tert-OH is 1. The highest BCUT2D eigenvalue weighted by atomic mass is 32.2. The summed E-state index contributed by atoms with van der Waals surface area (Å²) in [7, 11) is 1.56. The summed E-state index contributed by atoms with van der Waals surface area (Å²) in [5, 5.41) is 12.5.